The fourth-order valence-electron chi connectivity index (χ4n) is 2.84. The summed E-state index contributed by atoms with van der Waals surface area (Å²) in [5.74, 6) is 0.729. The summed E-state index contributed by atoms with van der Waals surface area (Å²) in [6, 6.07) is 8.45. The standard InChI is InChI=1S/C20H18Cl3N3O4/c1-28-16-7-5-12(17(29-2)18(16)30-3)20(27)24-19-15(23)10-26(25-19)9-11-4-6-13(21)14(22)8-11/h4-8,10H,9H2,1-3H3,(H,24,25,27). The maximum Gasteiger partial charge on any atom is 0.260 e. The molecular formula is C20H18Cl3N3O4. The van der Waals surface area contributed by atoms with Crippen LogP contribution < -0.4 is 19.5 Å². The lowest BCUT2D eigenvalue weighted by Gasteiger charge is -2.15. The molecule has 0 radical (unpaired) electrons. The van der Waals surface area contributed by atoms with Gasteiger partial charge in [-0.3, -0.25) is 9.48 Å². The molecule has 0 aliphatic heterocycles. The van der Waals surface area contributed by atoms with Crippen molar-refractivity contribution in [3.05, 3.63) is 62.7 Å². The summed E-state index contributed by atoms with van der Waals surface area (Å²) in [6.45, 7) is 0.395. The first kappa shape index (κ1) is 22.1. The Morgan fingerprint density at radius 1 is 0.967 bits per heavy atom. The molecule has 1 amide bonds. The van der Waals surface area contributed by atoms with Crippen molar-refractivity contribution in [3.8, 4) is 17.2 Å². The lowest BCUT2D eigenvalue weighted by atomic mass is 10.1. The molecule has 30 heavy (non-hydrogen) atoms. The summed E-state index contributed by atoms with van der Waals surface area (Å²) in [7, 11) is 4.40. The van der Waals surface area contributed by atoms with Gasteiger partial charge < -0.3 is 19.5 Å². The molecule has 1 aromatic heterocycles. The van der Waals surface area contributed by atoms with Crippen LogP contribution in [0.15, 0.2) is 36.5 Å². The van der Waals surface area contributed by atoms with Crippen LogP contribution in [-0.4, -0.2) is 37.0 Å². The average Bonchev–Trinajstić information content (AvgIpc) is 3.07. The minimum atomic E-state index is -0.463. The predicted molar refractivity (Wildman–Crippen MR) is 117 cm³/mol. The fourth-order valence-corrected chi connectivity index (χ4v) is 3.36. The highest BCUT2D eigenvalue weighted by Gasteiger charge is 2.22. The number of aromatic nitrogens is 2. The maximum absolute atomic E-state index is 12.8. The molecule has 0 saturated carbocycles. The van der Waals surface area contributed by atoms with E-state index in [1.54, 1.807) is 35.1 Å². The Hall–Kier alpha value is -2.61. The summed E-state index contributed by atoms with van der Waals surface area (Å²) in [6.07, 6.45) is 1.60. The minimum absolute atomic E-state index is 0.207. The van der Waals surface area contributed by atoms with Gasteiger partial charge in [-0.15, -0.1) is 0 Å². The van der Waals surface area contributed by atoms with Gasteiger partial charge in [0.15, 0.2) is 17.3 Å². The lowest BCUT2D eigenvalue weighted by molar-refractivity contribution is 0.102. The highest BCUT2D eigenvalue weighted by atomic mass is 35.5. The van der Waals surface area contributed by atoms with Gasteiger partial charge in [0.2, 0.25) is 5.75 Å². The van der Waals surface area contributed by atoms with Gasteiger partial charge in [0.25, 0.3) is 5.91 Å². The first-order chi connectivity index (χ1) is 14.4. The van der Waals surface area contributed by atoms with Crippen LogP contribution in [0.2, 0.25) is 15.1 Å². The second kappa shape index (κ2) is 9.47. The van der Waals surface area contributed by atoms with E-state index in [1.807, 2.05) is 6.07 Å². The lowest BCUT2D eigenvalue weighted by Crippen LogP contribution is -2.15. The van der Waals surface area contributed by atoms with Crippen molar-refractivity contribution in [1.82, 2.24) is 9.78 Å². The monoisotopic (exact) mass is 469 g/mol. The summed E-state index contributed by atoms with van der Waals surface area (Å²) in [5, 5.41) is 8.22. The van der Waals surface area contributed by atoms with Crippen LogP contribution in [0.5, 0.6) is 17.2 Å². The van der Waals surface area contributed by atoms with E-state index in [2.05, 4.69) is 10.4 Å². The predicted octanol–water partition coefficient (Wildman–Crippen LogP) is 5.17. The van der Waals surface area contributed by atoms with Gasteiger partial charge >= 0.3 is 0 Å². The van der Waals surface area contributed by atoms with Gasteiger partial charge in [0.1, 0.15) is 5.02 Å². The van der Waals surface area contributed by atoms with Gasteiger partial charge in [0, 0.05) is 6.20 Å². The number of hydrogen-bond acceptors (Lipinski definition) is 5. The molecule has 7 nitrogen and oxygen atoms in total. The Morgan fingerprint density at radius 3 is 2.33 bits per heavy atom. The molecule has 0 aliphatic carbocycles. The van der Waals surface area contributed by atoms with Gasteiger partial charge in [-0.05, 0) is 29.8 Å². The molecule has 3 rings (SSSR count). The van der Waals surface area contributed by atoms with Gasteiger partial charge in [-0.2, -0.15) is 5.10 Å². The van der Waals surface area contributed by atoms with Crippen molar-refractivity contribution in [3.63, 3.8) is 0 Å². The van der Waals surface area contributed by atoms with Crippen LogP contribution in [0.25, 0.3) is 0 Å². The topological polar surface area (TPSA) is 74.6 Å². The molecule has 1 heterocycles. The Balaban J connectivity index is 1.83. The molecule has 2 aromatic carbocycles. The third kappa shape index (κ3) is 4.59. The van der Waals surface area contributed by atoms with Crippen molar-refractivity contribution in [1.29, 1.82) is 0 Å². The molecule has 0 atom stereocenters. The number of carbonyl (C=O) groups excluding carboxylic acids is 1. The summed E-state index contributed by atoms with van der Waals surface area (Å²) in [4.78, 5) is 12.8. The highest BCUT2D eigenvalue weighted by molar-refractivity contribution is 6.42. The average molecular weight is 471 g/mol. The Morgan fingerprint density at radius 2 is 1.70 bits per heavy atom. The number of methoxy groups -OCH3 is 3. The normalized spacial score (nSPS) is 10.6. The molecule has 0 bridgehead atoms. The quantitative estimate of drug-likeness (QED) is 0.516. The SMILES string of the molecule is COc1ccc(C(=O)Nc2nn(Cc3ccc(Cl)c(Cl)c3)cc2Cl)c(OC)c1OC. The number of carbonyl (C=O) groups is 1. The molecule has 0 unspecified atom stereocenters. The highest BCUT2D eigenvalue weighted by Crippen LogP contribution is 2.40. The van der Waals surface area contributed by atoms with E-state index in [9.17, 15) is 4.79 Å². The fraction of sp³-hybridized carbons (Fsp3) is 0.200. The number of benzene rings is 2. The maximum atomic E-state index is 12.8. The molecule has 0 spiro atoms. The first-order valence-corrected chi connectivity index (χ1v) is 9.78. The van der Waals surface area contributed by atoms with Crippen molar-refractivity contribution in [2.45, 2.75) is 6.54 Å². The zero-order chi connectivity index (χ0) is 21.8. The smallest absolute Gasteiger partial charge is 0.260 e. The van der Waals surface area contributed by atoms with Crippen LogP contribution >= 0.6 is 34.8 Å². The summed E-state index contributed by atoms with van der Waals surface area (Å²) < 4.78 is 17.5. The molecule has 0 aliphatic rings. The molecule has 1 N–H and O–H groups in total. The molecule has 10 heteroatoms. The van der Waals surface area contributed by atoms with Crippen molar-refractivity contribution >= 4 is 46.5 Å². The zero-order valence-corrected chi connectivity index (χ0v) is 18.6. The van der Waals surface area contributed by atoms with Crippen LogP contribution in [0.1, 0.15) is 15.9 Å². The molecule has 3 aromatic rings. The van der Waals surface area contributed by atoms with E-state index in [0.717, 1.165) is 5.56 Å². The van der Waals surface area contributed by atoms with Crippen molar-refractivity contribution < 1.29 is 19.0 Å². The number of ether oxygens (including phenoxy) is 3. The van der Waals surface area contributed by atoms with E-state index >= 15 is 0 Å². The van der Waals surface area contributed by atoms with Crippen LogP contribution in [0, 0.1) is 0 Å². The van der Waals surface area contributed by atoms with Gasteiger partial charge in [-0.25, -0.2) is 0 Å². The van der Waals surface area contributed by atoms with Gasteiger partial charge in [0.05, 0.1) is 43.5 Å². The Bertz CT molecular complexity index is 1090. The molecule has 0 fully saturated rings. The van der Waals surface area contributed by atoms with Crippen molar-refractivity contribution in [2.75, 3.05) is 26.6 Å². The minimum Gasteiger partial charge on any atom is -0.493 e. The number of nitrogens with one attached hydrogen (secondary N) is 1. The first-order valence-electron chi connectivity index (χ1n) is 8.65. The van der Waals surface area contributed by atoms with E-state index in [1.165, 1.54) is 21.3 Å². The van der Waals surface area contributed by atoms with E-state index < -0.39 is 5.91 Å². The van der Waals surface area contributed by atoms with E-state index in [-0.39, 0.29) is 22.2 Å². The van der Waals surface area contributed by atoms with E-state index in [0.29, 0.717) is 28.1 Å². The zero-order valence-electron chi connectivity index (χ0n) is 16.3. The van der Waals surface area contributed by atoms with Crippen molar-refractivity contribution in [2.24, 2.45) is 0 Å². The third-order valence-corrected chi connectivity index (χ3v) is 5.24. The third-order valence-electron chi connectivity index (χ3n) is 4.23. The summed E-state index contributed by atoms with van der Waals surface area (Å²) >= 11 is 18.3. The van der Waals surface area contributed by atoms with Crippen LogP contribution in [-0.2, 0) is 6.54 Å². The Labute approximate surface area is 188 Å². The van der Waals surface area contributed by atoms with Crippen LogP contribution in [0.4, 0.5) is 5.82 Å². The van der Waals surface area contributed by atoms with Gasteiger partial charge in [-0.1, -0.05) is 40.9 Å². The molecule has 0 saturated heterocycles. The molecule has 158 valence electrons. The number of nitrogens with zero attached hydrogens (tertiary/aromatic N) is 2. The number of halogens is 3. The Kier molecular flexibility index (Phi) is 6.97. The largest absolute Gasteiger partial charge is 0.493 e. The number of anilines is 1. The summed E-state index contributed by atoms with van der Waals surface area (Å²) in [5.41, 5.74) is 1.12. The van der Waals surface area contributed by atoms with Crippen LogP contribution in [0.3, 0.4) is 0 Å². The van der Waals surface area contributed by atoms with E-state index in [4.69, 9.17) is 49.0 Å². The second-order valence-electron chi connectivity index (χ2n) is 6.11. The second-order valence-corrected chi connectivity index (χ2v) is 7.33. The molecular weight excluding hydrogens is 453 g/mol. The number of amides is 1. The number of hydrogen-bond donors (Lipinski definition) is 1. The number of rotatable bonds is 7.